The lowest BCUT2D eigenvalue weighted by Crippen LogP contribution is -2.49. The average Bonchev–Trinajstić information content (AvgIpc) is 3.37. The second kappa shape index (κ2) is 8.12. The highest BCUT2D eigenvalue weighted by atomic mass is 32.1. The van der Waals surface area contributed by atoms with Crippen molar-refractivity contribution in [3.05, 3.63) is 35.1 Å². The van der Waals surface area contributed by atoms with E-state index in [0.717, 1.165) is 67.6 Å². The summed E-state index contributed by atoms with van der Waals surface area (Å²) in [6.07, 6.45) is 8.72. The van der Waals surface area contributed by atoms with Crippen LogP contribution >= 0.6 is 11.3 Å². The number of aryl methyl sites for hydroxylation is 1. The minimum absolute atomic E-state index is 0.139. The Kier molecular flexibility index (Phi) is 5.61. The molecule has 7 heteroatoms. The first kappa shape index (κ1) is 18.7. The first-order valence-corrected chi connectivity index (χ1v) is 10.6. The van der Waals surface area contributed by atoms with Crippen LogP contribution in [0, 0.1) is 6.92 Å². The molecule has 0 unspecified atom stereocenters. The first-order chi connectivity index (χ1) is 13.2. The summed E-state index contributed by atoms with van der Waals surface area (Å²) in [5, 5.41) is 0.858. The fourth-order valence-corrected chi connectivity index (χ4v) is 5.21. The van der Waals surface area contributed by atoms with E-state index >= 15 is 0 Å². The van der Waals surface area contributed by atoms with Gasteiger partial charge >= 0.3 is 0 Å². The molecule has 0 aliphatic carbocycles. The van der Waals surface area contributed by atoms with E-state index in [1.165, 1.54) is 11.3 Å². The molecule has 2 fully saturated rings. The Bertz CT molecular complexity index is 757. The third-order valence-electron chi connectivity index (χ3n) is 5.88. The van der Waals surface area contributed by atoms with Crippen molar-refractivity contribution in [2.24, 2.45) is 0 Å². The maximum absolute atomic E-state index is 13.0. The number of hydrogen-bond acceptors (Lipinski definition) is 5. The minimum Gasteiger partial charge on any atom is -0.381 e. The Hall–Kier alpha value is -1.70. The highest BCUT2D eigenvalue weighted by molar-refractivity contribution is 7.16. The number of amides is 1. The Balaban J connectivity index is 1.35. The number of carbonyl (C=O) groups excluding carboxylic acids is 1. The van der Waals surface area contributed by atoms with Crippen LogP contribution < -0.4 is 0 Å². The molecular formula is C20H28N4O2S. The number of likely N-dealkylation sites (tertiary alicyclic amines) is 2. The highest BCUT2D eigenvalue weighted by Gasteiger charge is 2.31. The van der Waals surface area contributed by atoms with Crippen LogP contribution in [0.4, 0.5) is 0 Å². The molecule has 27 heavy (non-hydrogen) atoms. The van der Waals surface area contributed by atoms with Gasteiger partial charge in [-0.3, -0.25) is 4.79 Å². The van der Waals surface area contributed by atoms with E-state index in [2.05, 4.69) is 9.88 Å². The van der Waals surface area contributed by atoms with Crippen molar-refractivity contribution in [3.8, 4) is 5.13 Å². The number of carbonyl (C=O) groups is 1. The summed E-state index contributed by atoms with van der Waals surface area (Å²) in [6, 6.07) is 4.54. The Morgan fingerprint density at radius 1 is 1.11 bits per heavy atom. The van der Waals surface area contributed by atoms with Gasteiger partial charge in [0.25, 0.3) is 5.91 Å². The largest absolute Gasteiger partial charge is 0.381 e. The molecule has 0 radical (unpaired) electrons. The van der Waals surface area contributed by atoms with Crippen LogP contribution in [0.5, 0.6) is 0 Å². The Morgan fingerprint density at radius 3 is 2.41 bits per heavy atom. The van der Waals surface area contributed by atoms with Crippen molar-refractivity contribution in [2.45, 2.75) is 44.8 Å². The van der Waals surface area contributed by atoms with Gasteiger partial charge in [0.2, 0.25) is 0 Å². The molecule has 2 saturated heterocycles. The van der Waals surface area contributed by atoms with Gasteiger partial charge in [0, 0.05) is 51.7 Å². The SMILES string of the molecule is COC1CCN(C2CCN(C(=O)c3sc(-n4cccc4)nc3C)CC2)CC1. The lowest BCUT2D eigenvalue weighted by molar-refractivity contribution is 0.0146. The van der Waals surface area contributed by atoms with Gasteiger partial charge in [0.05, 0.1) is 11.8 Å². The van der Waals surface area contributed by atoms with E-state index in [1.807, 2.05) is 48.0 Å². The van der Waals surface area contributed by atoms with Crippen LogP contribution in [0.2, 0.25) is 0 Å². The third-order valence-corrected chi connectivity index (χ3v) is 7.04. The molecule has 0 bridgehead atoms. The standard InChI is InChI=1S/C20H28N4O2S/c1-15-18(27-20(21-15)24-9-3-4-10-24)19(25)23-11-5-16(6-12-23)22-13-7-17(26-2)8-14-22/h3-4,9-10,16-17H,5-8,11-14H2,1-2H3. The zero-order chi connectivity index (χ0) is 18.8. The van der Waals surface area contributed by atoms with Crippen molar-refractivity contribution in [2.75, 3.05) is 33.3 Å². The van der Waals surface area contributed by atoms with Gasteiger partial charge in [0.1, 0.15) is 4.88 Å². The molecule has 2 aliphatic heterocycles. The fourth-order valence-electron chi connectivity index (χ4n) is 4.21. The van der Waals surface area contributed by atoms with E-state index in [-0.39, 0.29) is 5.91 Å². The number of piperidine rings is 2. The smallest absolute Gasteiger partial charge is 0.265 e. The van der Waals surface area contributed by atoms with Gasteiger partial charge in [-0.05, 0) is 44.7 Å². The second-order valence-corrected chi connectivity index (χ2v) is 8.47. The van der Waals surface area contributed by atoms with Crippen LogP contribution in [0.25, 0.3) is 5.13 Å². The van der Waals surface area contributed by atoms with Crippen LogP contribution in [0.1, 0.15) is 41.0 Å². The number of nitrogens with zero attached hydrogens (tertiary/aromatic N) is 4. The van der Waals surface area contributed by atoms with E-state index in [1.54, 1.807) is 0 Å². The normalized spacial score (nSPS) is 20.3. The van der Waals surface area contributed by atoms with Crippen LogP contribution in [-0.4, -0.2) is 70.7 Å². The number of ether oxygens (including phenoxy) is 1. The number of rotatable bonds is 4. The molecule has 0 aromatic carbocycles. The lowest BCUT2D eigenvalue weighted by atomic mass is 9.98. The fraction of sp³-hybridized carbons (Fsp3) is 0.600. The third kappa shape index (κ3) is 3.95. The Labute approximate surface area is 164 Å². The highest BCUT2D eigenvalue weighted by Crippen LogP contribution is 2.26. The molecule has 1 amide bonds. The molecule has 0 spiro atoms. The molecule has 0 N–H and O–H groups in total. The topological polar surface area (TPSA) is 50.6 Å². The van der Waals surface area contributed by atoms with E-state index in [4.69, 9.17) is 4.74 Å². The van der Waals surface area contributed by atoms with Crippen LogP contribution in [0.15, 0.2) is 24.5 Å². The van der Waals surface area contributed by atoms with Gasteiger partial charge in [-0.25, -0.2) is 4.98 Å². The first-order valence-electron chi connectivity index (χ1n) is 9.82. The van der Waals surface area contributed by atoms with Crippen molar-refractivity contribution in [3.63, 3.8) is 0 Å². The molecular weight excluding hydrogens is 360 g/mol. The molecule has 4 rings (SSSR count). The minimum atomic E-state index is 0.139. The van der Waals surface area contributed by atoms with Crippen molar-refractivity contribution in [1.29, 1.82) is 0 Å². The quantitative estimate of drug-likeness (QED) is 0.808. The molecule has 0 saturated carbocycles. The average molecular weight is 389 g/mol. The van der Waals surface area contributed by atoms with Crippen LogP contribution in [0.3, 0.4) is 0 Å². The molecule has 2 aliphatic rings. The molecule has 2 aromatic rings. The van der Waals surface area contributed by atoms with E-state index in [0.29, 0.717) is 12.1 Å². The summed E-state index contributed by atoms with van der Waals surface area (Å²) in [4.78, 5) is 23.0. The van der Waals surface area contributed by atoms with Crippen molar-refractivity contribution < 1.29 is 9.53 Å². The van der Waals surface area contributed by atoms with Crippen LogP contribution in [-0.2, 0) is 4.74 Å². The summed E-state index contributed by atoms with van der Waals surface area (Å²) >= 11 is 1.49. The molecule has 2 aromatic heterocycles. The zero-order valence-electron chi connectivity index (χ0n) is 16.1. The lowest BCUT2D eigenvalue weighted by Gasteiger charge is -2.41. The summed E-state index contributed by atoms with van der Waals surface area (Å²) in [6.45, 7) is 5.84. The number of thiazole rings is 1. The number of aromatic nitrogens is 2. The summed E-state index contributed by atoms with van der Waals surface area (Å²) in [7, 11) is 1.81. The molecule has 4 heterocycles. The number of hydrogen-bond donors (Lipinski definition) is 0. The molecule has 0 atom stereocenters. The predicted octanol–water partition coefficient (Wildman–Crippen LogP) is 2.96. The van der Waals surface area contributed by atoms with Gasteiger partial charge < -0.3 is 19.1 Å². The zero-order valence-corrected chi connectivity index (χ0v) is 17.0. The van der Waals surface area contributed by atoms with E-state index in [9.17, 15) is 4.79 Å². The van der Waals surface area contributed by atoms with Gasteiger partial charge in [0.15, 0.2) is 5.13 Å². The molecule has 6 nitrogen and oxygen atoms in total. The van der Waals surface area contributed by atoms with Gasteiger partial charge in [-0.2, -0.15) is 0 Å². The number of methoxy groups -OCH3 is 1. The Morgan fingerprint density at radius 2 is 1.78 bits per heavy atom. The summed E-state index contributed by atoms with van der Waals surface area (Å²) in [5.74, 6) is 0.139. The molecule has 146 valence electrons. The van der Waals surface area contributed by atoms with E-state index < -0.39 is 0 Å². The van der Waals surface area contributed by atoms with Crippen molar-refractivity contribution in [1.82, 2.24) is 19.4 Å². The maximum Gasteiger partial charge on any atom is 0.265 e. The maximum atomic E-state index is 13.0. The second-order valence-electron chi connectivity index (χ2n) is 7.50. The summed E-state index contributed by atoms with van der Waals surface area (Å²) in [5.41, 5.74) is 0.831. The van der Waals surface area contributed by atoms with Gasteiger partial charge in [-0.1, -0.05) is 11.3 Å². The predicted molar refractivity (Wildman–Crippen MR) is 107 cm³/mol. The van der Waals surface area contributed by atoms with Crippen molar-refractivity contribution >= 4 is 17.2 Å². The monoisotopic (exact) mass is 388 g/mol. The van der Waals surface area contributed by atoms with Gasteiger partial charge in [-0.15, -0.1) is 0 Å². The summed E-state index contributed by atoms with van der Waals surface area (Å²) < 4.78 is 7.44.